The molecule has 2 heterocycles. The van der Waals surface area contributed by atoms with Crippen molar-refractivity contribution in [3.05, 3.63) is 76.8 Å². The van der Waals surface area contributed by atoms with Crippen LogP contribution in [0.15, 0.2) is 70.0 Å². The largest absolute Gasteiger partial charge is 0.465 e. The van der Waals surface area contributed by atoms with Gasteiger partial charge in [-0.1, -0.05) is 42.5 Å². The molecule has 2 aromatic carbocycles. The van der Waals surface area contributed by atoms with Gasteiger partial charge in [0.05, 0.1) is 12.6 Å². The second-order valence-corrected chi connectivity index (χ2v) is 5.35. The molecule has 0 aliphatic carbocycles. The van der Waals surface area contributed by atoms with Gasteiger partial charge in [0, 0.05) is 11.8 Å². The number of esters is 1. The number of hydrogen-bond acceptors (Lipinski definition) is 4. The Morgan fingerprint density at radius 2 is 1.75 bits per heavy atom. The second-order valence-electron chi connectivity index (χ2n) is 5.35. The lowest BCUT2D eigenvalue weighted by atomic mass is 10.0. The van der Waals surface area contributed by atoms with Crippen LogP contribution >= 0.6 is 0 Å². The van der Waals surface area contributed by atoms with Crippen LogP contribution in [0, 0.1) is 0 Å². The maximum absolute atomic E-state index is 12.5. The summed E-state index contributed by atoms with van der Waals surface area (Å²) in [6.07, 6.45) is 1.77. The molecule has 0 unspecified atom stereocenters. The van der Waals surface area contributed by atoms with Crippen LogP contribution in [0.3, 0.4) is 0 Å². The van der Waals surface area contributed by atoms with Gasteiger partial charge >= 0.3 is 11.6 Å². The first kappa shape index (κ1) is 14.3. The lowest BCUT2D eigenvalue weighted by Gasteiger charge is -2.03. The highest BCUT2D eigenvalue weighted by Gasteiger charge is 2.24. The molecule has 0 saturated heterocycles. The van der Waals surface area contributed by atoms with Gasteiger partial charge in [-0.2, -0.15) is 0 Å². The van der Waals surface area contributed by atoms with E-state index in [1.807, 2.05) is 42.5 Å². The monoisotopic (exact) mass is 319 g/mol. The Morgan fingerprint density at radius 1 is 1.04 bits per heavy atom. The van der Waals surface area contributed by atoms with Crippen LogP contribution in [0.2, 0.25) is 0 Å². The minimum absolute atomic E-state index is 0.180. The van der Waals surface area contributed by atoms with Crippen molar-refractivity contribution in [1.29, 1.82) is 0 Å². The Morgan fingerprint density at radius 3 is 2.50 bits per heavy atom. The molecule has 4 rings (SSSR count). The third-order valence-electron chi connectivity index (χ3n) is 4.00. The summed E-state index contributed by atoms with van der Waals surface area (Å²) in [7, 11) is 1.29. The average molecular weight is 319 g/mol. The minimum atomic E-state index is -0.573. The number of rotatable bonds is 2. The van der Waals surface area contributed by atoms with E-state index in [2.05, 4.69) is 0 Å². The average Bonchev–Trinajstić information content (AvgIpc) is 3.03. The number of benzene rings is 2. The third kappa shape index (κ3) is 2.02. The molecule has 5 heteroatoms. The van der Waals surface area contributed by atoms with Gasteiger partial charge in [-0.15, -0.1) is 0 Å². The lowest BCUT2D eigenvalue weighted by Crippen LogP contribution is -2.10. The van der Waals surface area contributed by atoms with E-state index >= 15 is 0 Å². The summed E-state index contributed by atoms with van der Waals surface area (Å²) >= 11 is 0. The van der Waals surface area contributed by atoms with Gasteiger partial charge in [-0.25, -0.2) is 9.59 Å². The van der Waals surface area contributed by atoms with E-state index in [9.17, 15) is 9.59 Å². The number of hydrogen-bond donors (Lipinski definition) is 0. The summed E-state index contributed by atoms with van der Waals surface area (Å²) in [4.78, 5) is 24.8. The molecule has 4 aromatic rings. The highest BCUT2D eigenvalue weighted by molar-refractivity contribution is 6.05. The van der Waals surface area contributed by atoms with Crippen LogP contribution in [0.4, 0.5) is 0 Å². The molecule has 0 atom stereocenters. The fourth-order valence-electron chi connectivity index (χ4n) is 2.93. The number of ether oxygens (including phenoxy) is 1. The molecule has 0 fully saturated rings. The number of fused-ring (bicyclic) bond motifs is 3. The summed E-state index contributed by atoms with van der Waals surface area (Å²) in [5.74, 6) is -0.570. The molecule has 0 bridgehead atoms. The van der Waals surface area contributed by atoms with Crippen molar-refractivity contribution in [2.75, 3.05) is 7.11 Å². The summed E-state index contributed by atoms with van der Waals surface area (Å²) in [6.45, 7) is 0. The van der Waals surface area contributed by atoms with Crippen LogP contribution in [0.25, 0.3) is 27.7 Å². The first-order valence-corrected chi connectivity index (χ1v) is 7.41. The van der Waals surface area contributed by atoms with Crippen molar-refractivity contribution < 1.29 is 13.9 Å². The molecular formula is C19H13NO4. The number of nitrogens with zero attached hydrogens (tertiary/aromatic N) is 1. The van der Waals surface area contributed by atoms with Crippen LogP contribution < -0.4 is 5.63 Å². The standard InChI is InChI=1S/C19H13NO4/c1-23-18(21)16-13(12-7-3-2-4-8-12)11-20-14-9-5-6-10-15(14)24-19(22)17(16)20/h2-11H,1H3. The summed E-state index contributed by atoms with van der Waals surface area (Å²) < 4.78 is 12.0. The molecule has 0 aliphatic rings. The Kier molecular flexibility index (Phi) is 3.20. The molecular weight excluding hydrogens is 306 g/mol. The SMILES string of the molecule is COC(=O)c1c(-c2ccccc2)cn2c1c(=O)oc1ccccc12. The van der Waals surface area contributed by atoms with Crippen molar-refractivity contribution in [3.8, 4) is 11.1 Å². The highest BCUT2D eigenvalue weighted by atomic mass is 16.5. The second kappa shape index (κ2) is 5.38. The van der Waals surface area contributed by atoms with Crippen molar-refractivity contribution in [2.45, 2.75) is 0 Å². The van der Waals surface area contributed by atoms with Crippen LogP contribution in [-0.4, -0.2) is 17.5 Å². The topological polar surface area (TPSA) is 60.9 Å². The van der Waals surface area contributed by atoms with Gasteiger partial charge in [0.25, 0.3) is 0 Å². The van der Waals surface area contributed by atoms with Crippen molar-refractivity contribution in [2.24, 2.45) is 0 Å². The molecule has 0 spiro atoms. The highest BCUT2D eigenvalue weighted by Crippen LogP contribution is 2.30. The van der Waals surface area contributed by atoms with E-state index < -0.39 is 11.6 Å². The normalized spacial score (nSPS) is 11.0. The zero-order valence-corrected chi connectivity index (χ0v) is 12.9. The summed E-state index contributed by atoms with van der Waals surface area (Å²) in [5.41, 5.74) is 2.44. The van der Waals surface area contributed by atoms with Crippen molar-refractivity contribution in [3.63, 3.8) is 0 Å². The van der Waals surface area contributed by atoms with Crippen molar-refractivity contribution >= 4 is 22.6 Å². The number of para-hydroxylation sites is 2. The molecule has 0 amide bonds. The Labute approximate surface area is 136 Å². The van der Waals surface area contributed by atoms with Crippen LogP contribution in [0.1, 0.15) is 10.4 Å². The first-order valence-electron chi connectivity index (χ1n) is 7.41. The molecule has 118 valence electrons. The zero-order chi connectivity index (χ0) is 16.7. The number of aromatic nitrogens is 1. The molecule has 5 nitrogen and oxygen atoms in total. The minimum Gasteiger partial charge on any atom is -0.465 e. The van der Waals surface area contributed by atoms with E-state index in [0.29, 0.717) is 16.7 Å². The Bertz CT molecular complexity index is 1120. The smallest absolute Gasteiger partial charge is 0.361 e. The van der Waals surface area contributed by atoms with E-state index in [1.165, 1.54) is 7.11 Å². The van der Waals surface area contributed by atoms with E-state index in [-0.39, 0.29) is 11.1 Å². The zero-order valence-electron chi connectivity index (χ0n) is 12.9. The lowest BCUT2D eigenvalue weighted by molar-refractivity contribution is 0.0603. The third-order valence-corrected chi connectivity index (χ3v) is 4.00. The number of carbonyl (C=O) groups is 1. The fourth-order valence-corrected chi connectivity index (χ4v) is 2.93. The predicted molar refractivity (Wildman–Crippen MR) is 90.2 cm³/mol. The van der Waals surface area contributed by atoms with E-state index in [4.69, 9.17) is 9.15 Å². The molecule has 0 radical (unpaired) electrons. The van der Waals surface area contributed by atoms with Gasteiger partial charge in [0.1, 0.15) is 11.1 Å². The van der Waals surface area contributed by atoms with E-state index in [1.54, 1.807) is 22.7 Å². The maximum Gasteiger partial charge on any atom is 0.361 e. The molecule has 0 saturated carbocycles. The first-order chi connectivity index (χ1) is 11.7. The van der Waals surface area contributed by atoms with Gasteiger partial charge in [0.15, 0.2) is 5.58 Å². The van der Waals surface area contributed by atoms with Crippen molar-refractivity contribution in [1.82, 2.24) is 4.40 Å². The quantitative estimate of drug-likeness (QED) is 0.531. The molecule has 0 aliphatic heterocycles. The van der Waals surface area contributed by atoms with Gasteiger partial charge < -0.3 is 13.6 Å². The Hall–Kier alpha value is -3.34. The van der Waals surface area contributed by atoms with Gasteiger partial charge in [-0.05, 0) is 17.7 Å². The van der Waals surface area contributed by atoms with Crippen LogP contribution in [0.5, 0.6) is 0 Å². The Balaban J connectivity index is 2.20. The molecule has 2 aromatic heterocycles. The van der Waals surface area contributed by atoms with Crippen LogP contribution in [-0.2, 0) is 4.74 Å². The summed E-state index contributed by atoms with van der Waals surface area (Å²) in [5, 5.41) is 0. The predicted octanol–water partition coefficient (Wildman–Crippen LogP) is 3.50. The number of methoxy groups -OCH3 is 1. The van der Waals surface area contributed by atoms with Gasteiger partial charge in [0.2, 0.25) is 0 Å². The molecule has 0 N–H and O–H groups in total. The maximum atomic E-state index is 12.5. The number of carbonyl (C=O) groups excluding carboxylic acids is 1. The van der Waals surface area contributed by atoms with Gasteiger partial charge in [-0.3, -0.25) is 0 Å². The molecule has 24 heavy (non-hydrogen) atoms. The summed E-state index contributed by atoms with van der Waals surface area (Å²) in [6, 6.07) is 16.6. The van der Waals surface area contributed by atoms with E-state index in [0.717, 1.165) is 5.56 Å². The fraction of sp³-hybridized carbons (Fsp3) is 0.0526.